The number of carbonyl (C=O) groups excluding carboxylic acids is 5. The molecule has 1 amide bonds. The van der Waals surface area contributed by atoms with Gasteiger partial charge in [0.1, 0.15) is 5.75 Å². The van der Waals surface area contributed by atoms with E-state index in [-0.39, 0.29) is 24.2 Å². The molecule has 5 rings (SSSR count). The zero-order valence-corrected chi connectivity index (χ0v) is 23.1. The van der Waals surface area contributed by atoms with E-state index in [0.29, 0.717) is 16.8 Å². The maximum atomic E-state index is 14.3. The van der Waals surface area contributed by atoms with Gasteiger partial charge in [-0.1, -0.05) is 20.8 Å². The molecule has 1 heterocycles. The summed E-state index contributed by atoms with van der Waals surface area (Å²) in [5.74, 6) is -8.99. The summed E-state index contributed by atoms with van der Waals surface area (Å²) < 4.78 is 0. The van der Waals surface area contributed by atoms with Crippen molar-refractivity contribution in [3.05, 3.63) is 47.2 Å². The van der Waals surface area contributed by atoms with Gasteiger partial charge in [-0.25, -0.2) is 0 Å². The number of primary amides is 1. The van der Waals surface area contributed by atoms with Gasteiger partial charge in [-0.15, -0.1) is 0 Å². The lowest BCUT2D eigenvalue weighted by Gasteiger charge is -2.61. The highest BCUT2D eigenvalue weighted by Gasteiger charge is 2.76. The molecule has 210 valence electrons. The number of benzene rings is 1. The van der Waals surface area contributed by atoms with Crippen LogP contribution in [0.1, 0.15) is 48.7 Å². The largest absolute Gasteiger partial charge is 0.507 e. The topological polar surface area (TPSA) is 168 Å². The molecule has 3 aliphatic rings. The van der Waals surface area contributed by atoms with E-state index >= 15 is 0 Å². The van der Waals surface area contributed by atoms with E-state index in [1.165, 1.54) is 17.9 Å². The van der Waals surface area contributed by atoms with Gasteiger partial charge >= 0.3 is 0 Å². The Morgan fingerprint density at radius 1 is 1.12 bits per heavy atom. The lowest BCUT2D eigenvalue weighted by atomic mass is 9.42. The first kappa shape index (κ1) is 27.8. The van der Waals surface area contributed by atoms with Crippen LogP contribution in [0.2, 0.25) is 0 Å². The van der Waals surface area contributed by atoms with Gasteiger partial charge in [0.2, 0.25) is 5.91 Å². The molecule has 2 saturated carbocycles. The van der Waals surface area contributed by atoms with Gasteiger partial charge in [0.25, 0.3) is 0 Å². The van der Waals surface area contributed by atoms with E-state index in [9.17, 15) is 34.2 Å². The highest BCUT2D eigenvalue weighted by Crippen LogP contribution is 2.62. The van der Waals surface area contributed by atoms with E-state index < -0.39 is 63.3 Å². The summed E-state index contributed by atoms with van der Waals surface area (Å²) in [5, 5.41) is 22.8. The first-order chi connectivity index (χ1) is 18.6. The SMILES string of the molecule is CCc1ccnc(-c2ccc(O)c3c2C[C@@]2(C)C[C@@]4(C)[C@H](N(C)C)C(=O)C(C(N)=O)C(=O)[C@@]4(O)C(=O)C2C3=O)c1. The van der Waals surface area contributed by atoms with Crippen molar-refractivity contribution in [2.75, 3.05) is 14.1 Å². The van der Waals surface area contributed by atoms with Crippen molar-refractivity contribution in [1.82, 2.24) is 9.88 Å². The predicted octanol–water partition coefficient (Wildman–Crippen LogP) is 1.27. The number of nitrogens with zero attached hydrogens (tertiary/aromatic N) is 2. The number of hydrogen-bond donors (Lipinski definition) is 3. The monoisotopic (exact) mass is 547 g/mol. The summed E-state index contributed by atoms with van der Waals surface area (Å²) in [6.07, 6.45) is 2.51. The number of ketones is 4. The molecule has 40 heavy (non-hydrogen) atoms. The van der Waals surface area contributed by atoms with Crippen molar-refractivity contribution in [2.45, 2.75) is 51.7 Å². The number of rotatable bonds is 4. The van der Waals surface area contributed by atoms with Crippen molar-refractivity contribution in [3.63, 3.8) is 0 Å². The van der Waals surface area contributed by atoms with Crippen LogP contribution >= 0.6 is 0 Å². The molecule has 3 aliphatic carbocycles. The minimum Gasteiger partial charge on any atom is -0.507 e. The molecule has 1 aromatic heterocycles. The number of aryl methyl sites for hydroxylation is 1. The Balaban J connectivity index is 1.74. The number of fused-ring (bicyclic) bond motifs is 3. The Kier molecular flexibility index (Phi) is 6.16. The van der Waals surface area contributed by atoms with Crippen molar-refractivity contribution in [3.8, 4) is 17.0 Å². The Labute approximate surface area is 231 Å². The summed E-state index contributed by atoms with van der Waals surface area (Å²) in [6, 6.07) is 5.64. The predicted molar refractivity (Wildman–Crippen MR) is 143 cm³/mol. The number of hydrogen-bond acceptors (Lipinski definition) is 9. The van der Waals surface area contributed by atoms with E-state index in [1.54, 1.807) is 33.3 Å². The third kappa shape index (κ3) is 3.42. The third-order valence-corrected chi connectivity index (χ3v) is 9.38. The van der Waals surface area contributed by atoms with E-state index in [0.717, 1.165) is 12.0 Å². The number of phenolic OH excluding ortho intramolecular Hbond substituents is 1. The summed E-state index contributed by atoms with van der Waals surface area (Å²) in [7, 11) is 3.12. The maximum Gasteiger partial charge on any atom is 0.235 e. The number of pyridine rings is 1. The fourth-order valence-corrected chi connectivity index (χ4v) is 7.80. The van der Waals surface area contributed by atoms with Gasteiger partial charge in [-0.3, -0.25) is 33.9 Å². The molecule has 2 unspecified atom stereocenters. The molecular formula is C30H33N3O7. The normalized spacial score (nSPS) is 33.4. The fraction of sp³-hybridized carbons (Fsp3) is 0.467. The summed E-state index contributed by atoms with van der Waals surface area (Å²) >= 11 is 0. The van der Waals surface area contributed by atoms with Crippen LogP contribution < -0.4 is 5.73 Å². The van der Waals surface area contributed by atoms with Crippen LogP contribution in [0.5, 0.6) is 5.75 Å². The number of carbonyl (C=O) groups is 5. The zero-order chi connectivity index (χ0) is 29.5. The van der Waals surface area contributed by atoms with Crippen LogP contribution in [0.4, 0.5) is 0 Å². The van der Waals surface area contributed by atoms with Crippen LogP contribution in [-0.2, 0) is 32.0 Å². The Morgan fingerprint density at radius 2 is 1.80 bits per heavy atom. The lowest BCUT2D eigenvalue weighted by Crippen LogP contribution is -2.79. The molecular weight excluding hydrogens is 514 g/mol. The van der Waals surface area contributed by atoms with Crippen molar-refractivity contribution < 1.29 is 34.2 Å². The van der Waals surface area contributed by atoms with Gasteiger partial charge in [-0.2, -0.15) is 0 Å². The summed E-state index contributed by atoms with van der Waals surface area (Å²) in [4.78, 5) is 73.8. The number of aromatic nitrogens is 1. The van der Waals surface area contributed by atoms with Crippen molar-refractivity contribution >= 4 is 29.0 Å². The van der Waals surface area contributed by atoms with Gasteiger partial charge in [0.15, 0.2) is 34.7 Å². The summed E-state index contributed by atoms with van der Waals surface area (Å²) in [5.41, 5.74) is 2.50. The number of Topliss-reactive ketones (excluding diaryl/α,β-unsaturated/α-hetero) is 4. The van der Waals surface area contributed by atoms with Gasteiger partial charge in [0.05, 0.1) is 23.2 Å². The molecule has 0 bridgehead atoms. The number of aromatic hydroxyl groups is 1. The molecule has 10 nitrogen and oxygen atoms in total. The molecule has 6 atom stereocenters. The minimum absolute atomic E-state index is 0.0563. The molecule has 4 N–H and O–H groups in total. The van der Waals surface area contributed by atoms with Crippen LogP contribution in [0.3, 0.4) is 0 Å². The third-order valence-electron chi connectivity index (χ3n) is 9.38. The van der Waals surface area contributed by atoms with Crippen LogP contribution in [0, 0.1) is 22.7 Å². The van der Waals surface area contributed by atoms with Crippen molar-refractivity contribution in [1.29, 1.82) is 0 Å². The number of amides is 1. The maximum absolute atomic E-state index is 14.3. The molecule has 0 spiro atoms. The van der Waals surface area contributed by atoms with Gasteiger partial charge in [0, 0.05) is 17.2 Å². The molecule has 0 radical (unpaired) electrons. The molecule has 10 heteroatoms. The number of likely N-dealkylation sites (N-methyl/N-ethyl adjacent to an activating group) is 1. The van der Waals surface area contributed by atoms with Gasteiger partial charge < -0.3 is 15.9 Å². The average molecular weight is 548 g/mol. The fourth-order valence-electron chi connectivity index (χ4n) is 7.80. The van der Waals surface area contributed by atoms with E-state index in [1.807, 2.05) is 19.1 Å². The first-order valence-corrected chi connectivity index (χ1v) is 13.3. The highest BCUT2D eigenvalue weighted by atomic mass is 16.3. The molecule has 2 fully saturated rings. The Hall–Kier alpha value is -3.76. The van der Waals surface area contributed by atoms with Crippen LogP contribution in [-0.4, -0.2) is 74.9 Å². The first-order valence-electron chi connectivity index (χ1n) is 13.3. The quantitative estimate of drug-likeness (QED) is 0.477. The molecule has 1 aromatic carbocycles. The average Bonchev–Trinajstić information content (AvgIpc) is 2.86. The standard InChI is InChI=1S/C30H33N3O7/c1-6-14-9-10-32-17(11-14)15-7-8-18(34)19-16(15)12-28(2)13-29(3)24(33(4)5)23(36)20(27(31)39)25(37)30(29,40)26(38)21(28)22(19)35/h7-11,20-21,24,34,40H,6,12-13H2,1-5H3,(H2,31,39)/t20?,21?,24-,28+,29+,30-/m1/s1. The Morgan fingerprint density at radius 3 is 2.40 bits per heavy atom. The Bertz CT molecular complexity index is 1520. The molecule has 0 aliphatic heterocycles. The number of phenols is 1. The van der Waals surface area contributed by atoms with Crippen LogP contribution in [0.15, 0.2) is 30.5 Å². The molecule has 2 aromatic rings. The summed E-state index contributed by atoms with van der Waals surface area (Å²) in [6.45, 7) is 5.22. The number of nitrogens with two attached hydrogens (primary N) is 1. The second kappa shape index (κ2) is 8.87. The van der Waals surface area contributed by atoms with E-state index in [4.69, 9.17) is 5.73 Å². The second-order valence-electron chi connectivity index (χ2n) is 12.2. The van der Waals surface area contributed by atoms with Crippen LogP contribution in [0.25, 0.3) is 11.3 Å². The highest BCUT2D eigenvalue weighted by molar-refractivity contribution is 6.33. The van der Waals surface area contributed by atoms with Crippen molar-refractivity contribution in [2.24, 2.45) is 28.4 Å². The minimum atomic E-state index is -2.82. The number of aliphatic hydroxyl groups is 1. The molecule has 0 saturated heterocycles. The zero-order valence-electron chi connectivity index (χ0n) is 23.1. The van der Waals surface area contributed by atoms with E-state index in [2.05, 4.69) is 4.98 Å². The smallest absolute Gasteiger partial charge is 0.235 e. The van der Waals surface area contributed by atoms with Gasteiger partial charge in [-0.05, 0) is 74.2 Å². The lowest BCUT2D eigenvalue weighted by molar-refractivity contribution is -0.203. The second-order valence-corrected chi connectivity index (χ2v) is 12.2.